The molecule has 0 unspecified atom stereocenters. The molecule has 0 heterocycles. The standard InChI is InChI=1S/C8H14ClN/c1-7(6-9)4-5-10-8-2-3-8/h6,8,10H,2-5H2,1H3. The summed E-state index contributed by atoms with van der Waals surface area (Å²) in [5.41, 5.74) is 2.92. The molecular weight excluding hydrogens is 146 g/mol. The summed E-state index contributed by atoms with van der Waals surface area (Å²) >= 11 is 5.49. The van der Waals surface area contributed by atoms with Gasteiger partial charge in [0.15, 0.2) is 0 Å². The highest BCUT2D eigenvalue weighted by Gasteiger charge is 2.19. The Morgan fingerprint density at radius 2 is 2.40 bits per heavy atom. The van der Waals surface area contributed by atoms with Crippen LogP contribution in [0.15, 0.2) is 11.1 Å². The van der Waals surface area contributed by atoms with Gasteiger partial charge in [0.05, 0.1) is 0 Å². The number of rotatable bonds is 4. The van der Waals surface area contributed by atoms with Crippen LogP contribution in [0, 0.1) is 0 Å². The van der Waals surface area contributed by atoms with E-state index in [4.69, 9.17) is 11.6 Å². The zero-order valence-electron chi connectivity index (χ0n) is 6.36. The minimum Gasteiger partial charge on any atom is -0.314 e. The first-order valence-electron chi connectivity index (χ1n) is 3.82. The Bertz CT molecular complexity index is 127. The summed E-state index contributed by atoms with van der Waals surface area (Å²) < 4.78 is 0. The van der Waals surface area contributed by atoms with Crippen molar-refractivity contribution in [3.63, 3.8) is 0 Å². The second kappa shape index (κ2) is 3.99. The third kappa shape index (κ3) is 3.23. The summed E-state index contributed by atoms with van der Waals surface area (Å²) in [4.78, 5) is 0. The fraction of sp³-hybridized carbons (Fsp3) is 0.750. The van der Waals surface area contributed by atoms with Crippen LogP contribution >= 0.6 is 11.6 Å². The molecule has 0 radical (unpaired) electrons. The molecule has 0 saturated heterocycles. The molecule has 0 aromatic carbocycles. The van der Waals surface area contributed by atoms with Gasteiger partial charge in [-0.25, -0.2) is 0 Å². The van der Waals surface area contributed by atoms with Crippen LogP contribution in [0.3, 0.4) is 0 Å². The normalized spacial score (nSPS) is 19.6. The number of hydrogen-bond donors (Lipinski definition) is 1. The largest absolute Gasteiger partial charge is 0.314 e. The highest BCUT2D eigenvalue weighted by atomic mass is 35.5. The second-order valence-corrected chi connectivity index (χ2v) is 3.15. The minimum absolute atomic E-state index is 0.822. The highest BCUT2D eigenvalue weighted by molar-refractivity contribution is 6.25. The minimum atomic E-state index is 0.822. The molecule has 2 heteroatoms. The summed E-state index contributed by atoms with van der Waals surface area (Å²) in [6, 6.07) is 0.822. The van der Waals surface area contributed by atoms with Crippen molar-refractivity contribution in [3.8, 4) is 0 Å². The van der Waals surface area contributed by atoms with Crippen LogP contribution in [0.2, 0.25) is 0 Å². The van der Waals surface area contributed by atoms with Gasteiger partial charge >= 0.3 is 0 Å². The number of nitrogens with one attached hydrogen (secondary N) is 1. The molecule has 1 fully saturated rings. The Morgan fingerprint density at radius 3 is 2.90 bits per heavy atom. The topological polar surface area (TPSA) is 12.0 Å². The molecule has 0 aromatic rings. The lowest BCUT2D eigenvalue weighted by atomic mass is 10.2. The predicted molar refractivity (Wildman–Crippen MR) is 45.3 cm³/mol. The molecular formula is C8H14ClN. The van der Waals surface area contributed by atoms with Crippen LogP contribution < -0.4 is 5.32 Å². The van der Waals surface area contributed by atoms with Gasteiger partial charge in [0.2, 0.25) is 0 Å². The summed E-state index contributed by atoms with van der Waals surface area (Å²) in [5, 5.41) is 3.42. The fourth-order valence-electron chi connectivity index (χ4n) is 0.815. The van der Waals surface area contributed by atoms with Gasteiger partial charge in [-0.1, -0.05) is 17.2 Å². The Kier molecular flexibility index (Phi) is 3.23. The Balaban J connectivity index is 1.93. The van der Waals surface area contributed by atoms with Crippen LogP contribution in [0.25, 0.3) is 0 Å². The molecule has 1 rings (SSSR count). The van der Waals surface area contributed by atoms with Crippen molar-refractivity contribution in [2.24, 2.45) is 0 Å². The molecule has 1 saturated carbocycles. The van der Waals surface area contributed by atoms with E-state index in [9.17, 15) is 0 Å². The molecule has 0 amide bonds. The number of halogens is 1. The summed E-state index contributed by atoms with van der Waals surface area (Å²) in [7, 11) is 0. The predicted octanol–water partition coefficient (Wildman–Crippen LogP) is 2.27. The zero-order chi connectivity index (χ0) is 7.40. The van der Waals surface area contributed by atoms with E-state index in [2.05, 4.69) is 12.2 Å². The SMILES string of the molecule is CC(=CCl)CCNC1CC1. The monoisotopic (exact) mass is 159 g/mol. The first-order valence-corrected chi connectivity index (χ1v) is 4.26. The van der Waals surface area contributed by atoms with E-state index >= 15 is 0 Å². The van der Waals surface area contributed by atoms with Crippen molar-refractivity contribution in [1.29, 1.82) is 0 Å². The molecule has 0 atom stereocenters. The van der Waals surface area contributed by atoms with Gasteiger partial charge in [-0.3, -0.25) is 0 Å². The highest BCUT2D eigenvalue weighted by Crippen LogP contribution is 2.18. The van der Waals surface area contributed by atoms with Crippen LogP contribution in [0.4, 0.5) is 0 Å². The van der Waals surface area contributed by atoms with Gasteiger partial charge in [0, 0.05) is 11.6 Å². The molecule has 0 aliphatic heterocycles. The van der Waals surface area contributed by atoms with Gasteiger partial charge in [0.1, 0.15) is 0 Å². The maximum absolute atomic E-state index is 5.49. The van der Waals surface area contributed by atoms with E-state index in [1.54, 1.807) is 5.54 Å². The summed E-state index contributed by atoms with van der Waals surface area (Å²) in [6.45, 7) is 3.14. The Morgan fingerprint density at radius 1 is 1.70 bits per heavy atom. The van der Waals surface area contributed by atoms with Crippen molar-refractivity contribution >= 4 is 11.6 Å². The average molecular weight is 160 g/mol. The first kappa shape index (κ1) is 8.09. The third-order valence-electron chi connectivity index (χ3n) is 1.72. The van der Waals surface area contributed by atoms with E-state index in [0.29, 0.717) is 0 Å². The Hall–Kier alpha value is -0.0100. The van der Waals surface area contributed by atoms with Crippen molar-refractivity contribution in [2.45, 2.75) is 32.2 Å². The lowest BCUT2D eigenvalue weighted by Gasteiger charge is -2.00. The van der Waals surface area contributed by atoms with Crippen LogP contribution in [0.1, 0.15) is 26.2 Å². The van der Waals surface area contributed by atoms with Gasteiger partial charge < -0.3 is 5.32 Å². The lowest BCUT2D eigenvalue weighted by Crippen LogP contribution is -2.17. The molecule has 1 nitrogen and oxygen atoms in total. The van der Waals surface area contributed by atoms with Crippen molar-refractivity contribution in [2.75, 3.05) is 6.54 Å². The lowest BCUT2D eigenvalue weighted by molar-refractivity contribution is 0.680. The van der Waals surface area contributed by atoms with Crippen LogP contribution in [0.5, 0.6) is 0 Å². The maximum Gasteiger partial charge on any atom is 0.00683 e. The molecule has 58 valence electrons. The van der Waals surface area contributed by atoms with Crippen molar-refractivity contribution in [3.05, 3.63) is 11.1 Å². The Labute approximate surface area is 67.5 Å². The number of hydrogen-bond acceptors (Lipinski definition) is 1. The summed E-state index contributed by atoms with van der Waals surface area (Å²) in [6.07, 6.45) is 3.81. The van der Waals surface area contributed by atoms with E-state index in [-0.39, 0.29) is 0 Å². The van der Waals surface area contributed by atoms with E-state index < -0.39 is 0 Å². The van der Waals surface area contributed by atoms with Crippen LogP contribution in [-0.4, -0.2) is 12.6 Å². The summed E-state index contributed by atoms with van der Waals surface area (Å²) in [5.74, 6) is 0. The van der Waals surface area contributed by atoms with Gasteiger partial charge in [-0.05, 0) is 32.7 Å². The first-order chi connectivity index (χ1) is 4.83. The van der Waals surface area contributed by atoms with Gasteiger partial charge in [-0.15, -0.1) is 0 Å². The molecule has 1 aliphatic rings. The van der Waals surface area contributed by atoms with Crippen LogP contribution in [-0.2, 0) is 0 Å². The second-order valence-electron chi connectivity index (χ2n) is 2.93. The van der Waals surface area contributed by atoms with Crippen molar-refractivity contribution in [1.82, 2.24) is 5.32 Å². The van der Waals surface area contributed by atoms with Gasteiger partial charge in [-0.2, -0.15) is 0 Å². The van der Waals surface area contributed by atoms with E-state index in [0.717, 1.165) is 19.0 Å². The smallest absolute Gasteiger partial charge is 0.00683 e. The fourth-order valence-corrected chi connectivity index (χ4v) is 0.925. The molecule has 0 spiro atoms. The molecule has 1 N–H and O–H groups in total. The molecule has 1 aliphatic carbocycles. The van der Waals surface area contributed by atoms with Gasteiger partial charge in [0.25, 0.3) is 0 Å². The van der Waals surface area contributed by atoms with Crippen molar-refractivity contribution < 1.29 is 0 Å². The average Bonchev–Trinajstić information content (AvgIpc) is 2.71. The van der Waals surface area contributed by atoms with E-state index in [1.807, 2.05) is 0 Å². The maximum atomic E-state index is 5.49. The zero-order valence-corrected chi connectivity index (χ0v) is 7.12. The quantitative estimate of drug-likeness (QED) is 0.664. The molecule has 0 aromatic heterocycles. The molecule has 10 heavy (non-hydrogen) atoms. The third-order valence-corrected chi connectivity index (χ3v) is 2.09. The molecule has 0 bridgehead atoms. The van der Waals surface area contributed by atoms with E-state index in [1.165, 1.54) is 18.4 Å².